The molecule has 0 saturated heterocycles. The van der Waals surface area contributed by atoms with E-state index in [1.54, 1.807) is 0 Å². The molecule has 1 fully saturated rings. The highest BCUT2D eigenvalue weighted by Crippen LogP contribution is 2.28. The van der Waals surface area contributed by atoms with Crippen LogP contribution in [0.4, 0.5) is 0 Å². The maximum Gasteiger partial charge on any atom is 0.156 e. The summed E-state index contributed by atoms with van der Waals surface area (Å²) < 4.78 is 0. The van der Waals surface area contributed by atoms with E-state index < -0.39 is 5.54 Å². The summed E-state index contributed by atoms with van der Waals surface area (Å²) >= 11 is 0. The van der Waals surface area contributed by atoms with Crippen molar-refractivity contribution in [3.05, 3.63) is 34.9 Å². The number of ketones is 1. The molecule has 0 amide bonds. The summed E-state index contributed by atoms with van der Waals surface area (Å²) in [6, 6.07) is 6.24. The molecular formula is C16H23NO. The molecule has 1 aromatic carbocycles. The number of hydrogen-bond acceptors (Lipinski definition) is 2. The predicted molar refractivity (Wildman–Crippen MR) is 74.6 cm³/mol. The molecule has 0 atom stereocenters. The Morgan fingerprint density at radius 3 is 2.44 bits per heavy atom. The van der Waals surface area contributed by atoms with Crippen molar-refractivity contribution in [2.75, 3.05) is 0 Å². The summed E-state index contributed by atoms with van der Waals surface area (Å²) in [6.07, 6.45) is 5.60. The van der Waals surface area contributed by atoms with E-state index in [0.717, 1.165) is 31.2 Å². The average Bonchev–Trinajstić information content (AvgIpc) is 2.35. The minimum atomic E-state index is -0.558. The molecule has 0 heterocycles. The Kier molecular flexibility index (Phi) is 3.86. The van der Waals surface area contributed by atoms with Gasteiger partial charge >= 0.3 is 0 Å². The van der Waals surface area contributed by atoms with E-state index in [1.807, 2.05) is 6.07 Å². The van der Waals surface area contributed by atoms with Crippen LogP contribution in [0.1, 0.15) is 48.8 Å². The molecule has 1 saturated carbocycles. The van der Waals surface area contributed by atoms with Gasteiger partial charge in [0.1, 0.15) is 0 Å². The number of hydrogen-bond donors (Lipinski definition) is 1. The van der Waals surface area contributed by atoms with Crippen LogP contribution in [0.2, 0.25) is 0 Å². The Hall–Kier alpha value is -1.15. The monoisotopic (exact) mass is 245 g/mol. The summed E-state index contributed by atoms with van der Waals surface area (Å²) in [5, 5.41) is 0. The van der Waals surface area contributed by atoms with E-state index in [-0.39, 0.29) is 5.78 Å². The van der Waals surface area contributed by atoms with E-state index >= 15 is 0 Å². The number of carbonyl (C=O) groups is 1. The van der Waals surface area contributed by atoms with Gasteiger partial charge in [-0.1, -0.05) is 37.5 Å². The number of aryl methyl sites for hydroxylation is 2. The van der Waals surface area contributed by atoms with E-state index in [0.29, 0.717) is 6.42 Å². The molecule has 1 aromatic rings. The van der Waals surface area contributed by atoms with Crippen molar-refractivity contribution < 1.29 is 4.79 Å². The molecule has 1 aliphatic rings. The van der Waals surface area contributed by atoms with Gasteiger partial charge in [-0.3, -0.25) is 4.79 Å². The summed E-state index contributed by atoms with van der Waals surface area (Å²) in [5.41, 5.74) is 9.32. The number of carbonyl (C=O) groups excluding carboxylic acids is 1. The third-order valence-electron chi connectivity index (χ3n) is 4.24. The molecule has 0 spiro atoms. The fourth-order valence-electron chi connectivity index (χ4n) is 2.74. The summed E-state index contributed by atoms with van der Waals surface area (Å²) in [5.74, 6) is 0.213. The molecule has 2 heteroatoms. The van der Waals surface area contributed by atoms with E-state index in [2.05, 4.69) is 26.0 Å². The van der Waals surface area contributed by atoms with Gasteiger partial charge in [-0.25, -0.2) is 0 Å². The van der Waals surface area contributed by atoms with Crippen LogP contribution in [0.25, 0.3) is 0 Å². The molecular weight excluding hydrogens is 222 g/mol. The van der Waals surface area contributed by atoms with E-state index in [9.17, 15) is 4.79 Å². The van der Waals surface area contributed by atoms with Gasteiger partial charge in [-0.05, 0) is 43.4 Å². The van der Waals surface area contributed by atoms with E-state index in [1.165, 1.54) is 17.5 Å². The van der Waals surface area contributed by atoms with Crippen LogP contribution in [0.15, 0.2) is 18.2 Å². The Morgan fingerprint density at radius 2 is 1.83 bits per heavy atom. The Bertz CT molecular complexity index is 444. The summed E-state index contributed by atoms with van der Waals surface area (Å²) in [6.45, 7) is 4.18. The van der Waals surface area contributed by atoms with Crippen molar-refractivity contribution in [1.29, 1.82) is 0 Å². The van der Waals surface area contributed by atoms with Gasteiger partial charge in [0.15, 0.2) is 5.78 Å². The van der Waals surface area contributed by atoms with Gasteiger partial charge in [0.25, 0.3) is 0 Å². The van der Waals surface area contributed by atoms with Crippen molar-refractivity contribution in [3.63, 3.8) is 0 Å². The highest BCUT2D eigenvalue weighted by Gasteiger charge is 2.34. The third-order valence-corrected chi connectivity index (χ3v) is 4.24. The zero-order chi connectivity index (χ0) is 13.2. The molecule has 0 aromatic heterocycles. The van der Waals surface area contributed by atoms with Crippen molar-refractivity contribution in [2.45, 2.75) is 57.9 Å². The third kappa shape index (κ3) is 2.81. The largest absolute Gasteiger partial charge is 0.319 e. The van der Waals surface area contributed by atoms with Crippen molar-refractivity contribution in [1.82, 2.24) is 0 Å². The lowest BCUT2D eigenvalue weighted by Gasteiger charge is -2.31. The fourth-order valence-corrected chi connectivity index (χ4v) is 2.74. The van der Waals surface area contributed by atoms with E-state index in [4.69, 9.17) is 5.73 Å². The second-order valence-corrected chi connectivity index (χ2v) is 5.74. The first-order valence-corrected chi connectivity index (χ1v) is 6.90. The zero-order valence-corrected chi connectivity index (χ0v) is 11.5. The number of Topliss-reactive ketones (excluding diaryl/α,β-unsaturated/α-hetero) is 1. The predicted octanol–water partition coefficient (Wildman–Crippen LogP) is 3.08. The van der Waals surface area contributed by atoms with Crippen LogP contribution in [0.5, 0.6) is 0 Å². The molecule has 0 radical (unpaired) electrons. The maximum absolute atomic E-state index is 12.4. The lowest BCUT2D eigenvalue weighted by molar-refractivity contribution is -0.124. The smallest absolute Gasteiger partial charge is 0.156 e. The minimum Gasteiger partial charge on any atom is -0.319 e. The minimum absolute atomic E-state index is 0.213. The lowest BCUT2D eigenvalue weighted by Crippen LogP contribution is -2.50. The van der Waals surface area contributed by atoms with Crippen molar-refractivity contribution >= 4 is 5.78 Å². The molecule has 0 aliphatic heterocycles. The Labute approximate surface area is 110 Å². The van der Waals surface area contributed by atoms with Gasteiger partial charge in [-0.2, -0.15) is 0 Å². The molecule has 0 unspecified atom stereocenters. The number of nitrogens with two attached hydrogens (primary N) is 1. The fraction of sp³-hybridized carbons (Fsp3) is 0.562. The quantitative estimate of drug-likeness (QED) is 0.889. The molecule has 1 aliphatic carbocycles. The van der Waals surface area contributed by atoms with Crippen LogP contribution in [0, 0.1) is 13.8 Å². The van der Waals surface area contributed by atoms with Gasteiger partial charge in [0.05, 0.1) is 5.54 Å². The molecule has 2 N–H and O–H groups in total. The second kappa shape index (κ2) is 5.23. The highest BCUT2D eigenvalue weighted by atomic mass is 16.1. The zero-order valence-electron chi connectivity index (χ0n) is 11.5. The average molecular weight is 245 g/mol. The number of benzene rings is 1. The van der Waals surface area contributed by atoms with Crippen LogP contribution in [0.3, 0.4) is 0 Å². The lowest BCUT2D eigenvalue weighted by atomic mass is 9.77. The molecule has 0 bridgehead atoms. The first-order chi connectivity index (χ1) is 8.51. The second-order valence-electron chi connectivity index (χ2n) is 5.74. The Balaban J connectivity index is 2.08. The SMILES string of the molecule is Cc1ccc(CC(=O)C2(N)CCCCC2)cc1C. The number of rotatable bonds is 3. The van der Waals surface area contributed by atoms with Crippen LogP contribution < -0.4 is 5.73 Å². The molecule has 2 nitrogen and oxygen atoms in total. The maximum atomic E-state index is 12.4. The van der Waals surface area contributed by atoms with Gasteiger partial charge in [0.2, 0.25) is 0 Å². The standard InChI is InChI=1S/C16H23NO/c1-12-6-7-14(10-13(12)2)11-15(18)16(17)8-4-3-5-9-16/h6-7,10H,3-5,8-9,11,17H2,1-2H3. The highest BCUT2D eigenvalue weighted by molar-refractivity contribution is 5.90. The first-order valence-electron chi connectivity index (χ1n) is 6.90. The Morgan fingerprint density at radius 1 is 1.17 bits per heavy atom. The van der Waals surface area contributed by atoms with Crippen molar-refractivity contribution in [3.8, 4) is 0 Å². The van der Waals surface area contributed by atoms with Crippen LogP contribution >= 0.6 is 0 Å². The van der Waals surface area contributed by atoms with Crippen molar-refractivity contribution in [2.24, 2.45) is 5.73 Å². The normalized spacial score (nSPS) is 18.6. The topological polar surface area (TPSA) is 43.1 Å². The molecule has 98 valence electrons. The van der Waals surface area contributed by atoms with Crippen LogP contribution in [-0.4, -0.2) is 11.3 Å². The summed E-state index contributed by atoms with van der Waals surface area (Å²) in [7, 11) is 0. The molecule has 18 heavy (non-hydrogen) atoms. The summed E-state index contributed by atoms with van der Waals surface area (Å²) in [4.78, 5) is 12.4. The van der Waals surface area contributed by atoms with Gasteiger partial charge in [0, 0.05) is 6.42 Å². The molecule has 2 rings (SSSR count). The van der Waals surface area contributed by atoms with Gasteiger partial charge in [-0.15, -0.1) is 0 Å². The first kappa shape index (κ1) is 13.3. The van der Waals surface area contributed by atoms with Gasteiger partial charge < -0.3 is 5.73 Å². The van der Waals surface area contributed by atoms with Crippen LogP contribution in [-0.2, 0) is 11.2 Å².